The number of nitrogens with zero attached hydrogens (tertiary/aromatic N) is 2. The molecule has 0 fully saturated rings. The zero-order chi connectivity index (χ0) is 11.4. The minimum absolute atomic E-state index is 0.711. The predicted molar refractivity (Wildman–Crippen MR) is 64.5 cm³/mol. The Balaban J connectivity index is 2.15. The van der Waals surface area contributed by atoms with Gasteiger partial charge in [0.2, 0.25) is 0 Å². The van der Waals surface area contributed by atoms with Gasteiger partial charge in [0.15, 0.2) is 5.82 Å². The number of aromatic nitrogens is 3. The van der Waals surface area contributed by atoms with E-state index < -0.39 is 0 Å². The topological polar surface area (TPSA) is 53.6 Å². The Morgan fingerprint density at radius 2 is 2.06 bits per heavy atom. The minimum Gasteiger partial charge on any atom is -0.319 e. The Morgan fingerprint density at radius 1 is 1.31 bits per heavy atom. The molecule has 1 aromatic heterocycles. The molecule has 2 N–H and O–H groups in total. The van der Waals surface area contributed by atoms with Crippen LogP contribution in [0.4, 0.5) is 0 Å². The summed E-state index contributed by atoms with van der Waals surface area (Å²) in [6, 6.07) is 7.49. The fourth-order valence-electron chi connectivity index (χ4n) is 1.38. The number of hydrogen-bond donors (Lipinski definition) is 2. The van der Waals surface area contributed by atoms with Crippen LogP contribution in [0.1, 0.15) is 5.82 Å². The zero-order valence-corrected chi connectivity index (χ0v) is 9.75. The van der Waals surface area contributed by atoms with E-state index in [0.29, 0.717) is 5.82 Å². The van der Waals surface area contributed by atoms with Crippen LogP contribution in [0.15, 0.2) is 24.3 Å². The molecule has 1 aromatic carbocycles. The van der Waals surface area contributed by atoms with Gasteiger partial charge in [0.1, 0.15) is 5.82 Å². The van der Waals surface area contributed by atoms with E-state index in [-0.39, 0.29) is 0 Å². The number of halogens is 1. The lowest BCUT2D eigenvalue weighted by Crippen LogP contribution is -2.11. The molecule has 0 aliphatic heterocycles. The van der Waals surface area contributed by atoms with Crippen LogP contribution in [0.3, 0.4) is 0 Å². The van der Waals surface area contributed by atoms with Gasteiger partial charge in [-0.15, -0.1) is 0 Å². The third-order valence-corrected chi connectivity index (χ3v) is 2.50. The number of H-pyrrole nitrogens is 1. The van der Waals surface area contributed by atoms with Crippen molar-refractivity contribution in [1.29, 1.82) is 0 Å². The van der Waals surface area contributed by atoms with Gasteiger partial charge < -0.3 is 5.32 Å². The van der Waals surface area contributed by atoms with Gasteiger partial charge in [0, 0.05) is 23.6 Å². The fraction of sp³-hybridized carbons (Fsp3) is 0.273. The smallest absolute Gasteiger partial charge is 0.181 e. The lowest BCUT2D eigenvalue weighted by molar-refractivity contribution is 0.758. The van der Waals surface area contributed by atoms with Crippen LogP contribution in [0.2, 0.25) is 5.02 Å². The van der Waals surface area contributed by atoms with Crippen molar-refractivity contribution < 1.29 is 0 Å². The van der Waals surface area contributed by atoms with Gasteiger partial charge >= 0.3 is 0 Å². The highest BCUT2D eigenvalue weighted by molar-refractivity contribution is 6.30. The third kappa shape index (κ3) is 2.59. The van der Waals surface area contributed by atoms with Crippen LogP contribution >= 0.6 is 11.6 Å². The largest absolute Gasteiger partial charge is 0.319 e. The minimum atomic E-state index is 0.711. The average Bonchev–Trinajstić information content (AvgIpc) is 2.76. The lowest BCUT2D eigenvalue weighted by atomic mass is 10.2. The van der Waals surface area contributed by atoms with E-state index in [2.05, 4.69) is 20.5 Å². The number of likely N-dealkylation sites (N-methyl/N-ethyl adjacent to an activating group) is 1. The van der Waals surface area contributed by atoms with E-state index in [9.17, 15) is 0 Å². The summed E-state index contributed by atoms with van der Waals surface area (Å²) in [5, 5.41) is 10.9. The monoisotopic (exact) mass is 236 g/mol. The van der Waals surface area contributed by atoms with E-state index in [1.165, 1.54) is 0 Å². The average molecular weight is 237 g/mol. The van der Waals surface area contributed by atoms with Crippen molar-refractivity contribution in [3.63, 3.8) is 0 Å². The van der Waals surface area contributed by atoms with Gasteiger partial charge in [-0.1, -0.05) is 11.6 Å². The molecular formula is C11H13ClN4. The maximum absolute atomic E-state index is 5.82. The lowest BCUT2D eigenvalue weighted by Gasteiger charge is -1.95. The molecule has 5 heteroatoms. The van der Waals surface area contributed by atoms with Gasteiger partial charge in [0.25, 0.3) is 0 Å². The highest BCUT2D eigenvalue weighted by Gasteiger charge is 2.04. The molecule has 0 amide bonds. The van der Waals surface area contributed by atoms with Crippen molar-refractivity contribution in [2.75, 3.05) is 13.6 Å². The first-order chi connectivity index (χ1) is 7.79. The van der Waals surface area contributed by atoms with E-state index in [1.54, 1.807) is 0 Å². The molecule has 2 rings (SSSR count). The number of rotatable bonds is 4. The molecule has 2 aromatic rings. The molecule has 0 aliphatic carbocycles. The SMILES string of the molecule is CNCCc1nc(-c2ccc(Cl)cc2)n[nH]1. The summed E-state index contributed by atoms with van der Waals surface area (Å²) in [6.45, 7) is 0.884. The number of nitrogens with one attached hydrogen (secondary N) is 2. The Kier molecular flexibility index (Phi) is 3.54. The Hall–Kier alpha value is -1.39. The zero-order valence-electron chi connectivity index (χ0n) is 9.00. The van der Waals surface area contributed by atoms with E-state index in [0.717, 1.165) is 29.4 Å². The van der Waals surface area contributed by atoms with E-state index in [4.69, 9.17) is 11.6 Å². The molecule has 0 radical (unpaired) electrons. The summed E-state index contributed by atoms with van der Waals surface area (Å²) in [4.78, 5) is 4.40. The van der Waals surface area contributed by atoms with Crippen LogP contribution in [0.5, 0.6) is 0 Å². The second kappa shape index (κ2) is 5.09. The maximum atomic E-state index is 5.82. The van der Waals surface area contributed by atoms with E-state index >= 15 is 0 Å². The summed E-state index contributed by atoms with van der Waals surface area (Å²) in [6.07, 6.45) is 0.844. The molecule has 0 spiro atoms. The molecule has 1 heterocycles. The predicted octanol–water partition coefficient (Wildman–Crippen LogP) is 1.89. The molecule has 0 aliphatic rings. The molecule has 84 valence electrons. The Morgan fingerprint density at radius 3 is 2.75 bits per heavy atom. The molecule has 16 heavy (non-hydrogen) atoms. The van der Waals surface area contributed by atoms with Crippen LogP contribution in [0.25, 0.3) is 11.4 Å². The van der Waals surface area contributed by atoms with Crippen molar-refractivity contribution in [2.45, 2.75) is 6.42 Å². The Bertz CT molecular complexity index is 449. The highest BCUT2D eigenvalue weighted by atomic mass is 35.5. The molecule has 0 unspecified atom stereocenters. The van der Waals surface area contributed by atoms with Crippen LogP contribution in [-0.2, 0) is 6.42 Å². The first kappa shape index (κ1) is 11.1. The molecule has 0 bridgehead atoms. The second-order valence-corrected chi connectivity index (χ2v) is 3.90. The van der Waals surface area contributed by atoms with Crippen LogP contribution in [0, 0.1) is 0 Å². The molecule has 0 saturated heterocycles. The molecule has 0 saturated carbocycles. The third-order valence-electron chi connectivity index (χ3n) is 2.25. The maximum Gasteiger partial charge on any atom is 0.181 e. The molecule has 0 atom stereocenters. The van der Waals surface area contributed by atoms with Gasteiger partial charge in [-0.2, -0.15) is 5.10 Å². The van der Waals surface area contributed by atoms with Crippen molar-refractivity contribution in [2.24, 2.45) is 0 Å². The summed E-state index contributed by atoms with van der Waals surface area (Å²) >= 11 is 5.82. The van der Waals surface area contributed by atoms with Crippen molar-refractivity contribution in [1.82, 2.24) is 20.5 Å². The quantitative estimate of drug-likeness (QED) is 0.853. The van der Waals surface area contributed by atoms with Crippen molar-refractivity contribution in [3.05, 3.63) is 35.1 Å². The Labute approximate surface area is 99.1 Å². The summed E-state index contributed by atoms with van der Waals surface area (Å²) in [5.74, 6) is 1.60. The van der Waals surface area contributed by atoms with Gasteiger partial charge in [-0.3, -0.25) is 5.10 Å². The first-order valence-corrected chi connectivity index (χ1v) is 5.49. The number of hydrogen-bond acceptors (Lipinski definition) is 3. The fourth-order valence-corrected chi connectivity index (χ4v) is 1.50. The van der Waals surface area contributed by atoms with Gasteiger partial charge in [0.05, 0.1) is 0 Å². The van der Waals surface area contributed by atoms with Gasteiger partial charge in [-0.05, 0) is 31.3 Å². The molecule has 4 nitrogen and oxygen atoms in total. The van der Waals surface area contributed by atoms with Crippen LogP contribution < -0.4 is 5.32 Å². The van der Waals surface area contributed by atoms with Gasteiger partial charge in [-0.25, -0.2) is 4.98 Å². The first-order valence-electron chi connectivity index (χ1n) is 5.11. The normalized spacial score (nSPS) is 10.6. The number of benzene rings is 1. The molecular weight excluding hydrogens is 224 g/mol. The van der Waals surface area contributed by atoms with E-state index in [1.807, 2.05) is 31.3 Å². The second-order valence-electron chi connectivity index (χ2n) is 3.47. The number of aromatic amines is 1. The van der Waals surface area contributed by atoms with Crippen molar-refractivity contribution >= 4 is 11.6 Å². The highest BCUT2D eigenvalue weighted by Crippen LogP contribution is 2.17. The van der Waals surface area contributed by atoms with Crippen LogP contribution in [-0.4, -0.2) is 28.8 Å². The standard InChI is InChI=1S/C11H13ClN4/c1-13-7-6-10-14-11(16-15-10)8-2-4-9(12)5-3-8/h2-5,13H,6-7H2,1H3,(H,14,15,16). The summed E-state index contributed by atoms with van der Waals surface area (Å²) < 4.78 is 0. The summed E-state index contributed by atoms with van der Waals surface area (Å²) in [7, 11) is 1.91. The van der Waals surface area contributed by atoms with Crippen molar-refractivity contribution in [3.8, 4) is 11.4 Å². The summed E-state index contributed by atoms with van der Waals surface area (Å²) in [5.41, 5.74) is 0.969.